The maximum absolute atomic E-state index is 13.4. The van der Waals surface area contributed by atoms with Gasteiger partial charge in [0.2, 0.25) is 0 Å². The molecule has 1 unspecified atom stereocenters. The van der Waals surface area contributed by atoms with Gasteiger partial charge in [-0.25, -0.2) is 13.8 Å². The summed E-state index contributed by atoms with van der Waals surface area (Å²) in [4.78, 5) is 1.74. The monoisotopic (exact) mass is 485 g/mol. The normalized spacial score (nSPS) is 12.3. The molecule has 33 heavy (non-hydrogen) atoms. The Kier molecular flexibility index (Phi) is 6.66. The molecule has 0 bridgehead atoms. The van der Waals surface area contributed by atoms with Crippen molar-refractivity contribution in [2.45, 2.75) is 16.7 Å². The second-order valence-electron chi connectivity index (χ2n) is 7.41. The molecule has 0 spiro atoms. The van der Waals surface area contributed by atoms with Gasteiger partial charge < -0.3 is 9.87 Å². The molecule has 0 aliphatic rings. The van der Waals surface area contributed by atoms with Crippen LogP contribution in [-0.2, 0) is 11.3 Å². The van der Waals surface area contributed by atoms with Gasteiger partial charge in [0.05, 0.1) is 22.6 Å². The number of rotatable bonds is 7. The average molecular weight is 486 g/mol. The molecule has 0 aliphatic heterocycles. The molecule has 1 N–H and O–H groups in total. The molecule has 2 heterocycles. The maximum Gasteiger partial charge on any atom is 0.184 e. The molecular weight excluding hydrogens is 463 g/mol. The van der Waals surface area contributed by atoms with Gasteiger partial charge in [-0.15, -0.1) is 10.2 Å². The molecule has 0 saturated heterocycles. The van der Waals surface area contributed by atoms with Gasteiger partial charge in [0, 0.05) is 42.7 Å². The lowest BCUT2D eigenvalue weighted by atomic mass is 10.1. The fourth-order valence-corrected chi connectivity index (χ4v) is 4.97. The summed E-state index contributed by atoms with van der Waals surface area (Å²) >= 11 is -1.03. The zero-order chi connectivity index (χ0) is 23.7. The summed E-state index contributed by atoms with van der Waals surface area (Å²) < 4.78 is 40.2. The van der Waals surface area contributed by atoms with Crippen molar-refractivity contribution >= 4 is 40.1 Å². The number of anilines is 2. The number of hydrazine groups is 1. The van der Waals surface area contributed by atoms with Crippen molar-refractivity contribution in [1.82, 2.24) is 19.6 Å². The summed E-state index contributed by atoms with van der Waals surface area (Å²) in [7, 11) is 5.12. The van der Waals surface area contributed by atoms with Gasteiger partial charge in [-0.2, -0.15) is 0 Å². The summed E-state index contributed by atoms with van der Waals surface area (Å²) in [6.45, 7) is 1.86. The SMILES string of the molecule is CNc1cc(-c2cc(N(N(C)C)S(=O)[O-])ccc2Sc2ccc(F)cc2)cn2c(C)nnc12. The van der Waals surface area contributed by atoms with Crippen LogP contribution < -0.4 is 9.73 Å². The van der Waals surface area contributed by atoms with Crippen molar-refractivity contribution < 1.29 is 13.2 Å². The topological polar surface area (TPSA) is 88.8 Å². The number of nitrogens with one attached hydrogen (secondary N) is 1. The molecule has 11 heteroatoms. The van der Waals surface area contributed by atoms with E-state index in [1.807, 2.05) is 42.8 Å². The summed E-state index contributed by atoms with van der Waals surface area (Å²) in [5, 5.41) is 13.0. The molecule has 172 valence electrons. The van der Waals surface area contributed by atoms with E-state index in [1.54, 1.807) is 32.3 Å². The first-order chi connectivity index (χ1) is 15.8. The zero-order valence-electron chi connectivity index (χ0n) is 18.4. The van der Waals surface area contributed by atoms with Crippen LogP contribution in [0.2, 0.25) is 0 Å². The minimum atomic E-state index is -2.50. The number of aromatic nitrogens is 3. The number of nitrogens with zero attached hydrogens (tertiary/aromatic N) is 5. The van der Waals surface area contributed by atoms with Crippen molar-refractivity contribution in [3.8, 4) is 11.1 Å². The molecule has 0 radical (unpaired) electrons. The summed E-state index contributed by atoms with van der Waals surface area (Å²) in [5.41, 5.74) is 3.62. The van der Waals surface area contributed by atoms with E-state index in [-0.39, 0.29) is 5.82 Å². The van der Waals surface area contributed by atoms with Crippen LogP contribution in [0.5, 0.6) is 0 Å². The number of hydrogen-bond acceptors (Lipinski definition) is 7. The third-order valence-electron chi connectivity index (χ3n) is 4.99. The standard InChI is InChI=1S/C22H23FN6O2S2/c1-14-25-26-22-20(24-2)11-15(13-28(14)22)19-12-17(29(27(3)4)33(30)31)7-10-21(19)32-18-8-5-16(23)6-9-18/h5-13,24H,1-4H3,(H,30,31)/p-1. The van der Waals surface area contributed by atoms with Gasteiger partial charge in [-0.05, 0) is 61.0 Å². The Hall–Kier alpha value is -2.99. The van der Waals surface area contributed by atoms with E-state index in [0.29, 0.717) is 11.3 Å². The van der Waals surface area contributed by atoms with E-state index in [9.17, 15) is 13.2 Å². The van der Waals surface area contributed by atoms with Crippen LogP contribution in [0.4, 0.5) is 15.8 Å². The molecule has 0 aliphatic carbocycles. The molecule has 0 amide bonds. The highest BCUT2D eigenvalue weighted by Gasteiger charge is 2.17. The van der Waals surface area contributed by atoms with Gasteiger partial charge in [0.1, 0.15) is 11.6 Å². The van der Waals surface area contributed by atoms with Gasteiger partial charge in [-0.3, -0.25) is 8.61 Å². The fraction of sp³-hybridized carbons (Fsp3) is 0.182. The summed E-state index contributed by atoms with van der Waals surface area (Å²) in [5.74, 6) is 0.421. The summed E-state index contributed by atoms with van der Waals surface area (Å²) in [6.07, 6.45) is 1.92. The van der Waals surface area contributed by atoms with E-state index in [0.717, 1.165) is 36.8 Å². The Morgan fingerprint density at radius 1 is 1.12 bits per heavy atom. The Bertz CT molecular complexity index is 1330. The highest BCUT2D eigenvalue weighted by Crippen LogP contribution is 2.40. The van der Waals surface area contributed by atoms with E-state index in [4.69, 9.17) is 0 Å². The smallest absolute Gasteiger partial charge is 0.184 e. The third-order valence-corrected chi connectivity index (χ3v) is 6.89. The molecule has 1 atom stereocenters. The van der Waals surface area contributed by atoms with Crippen molar-refractivity contribution in [2.75, 3.05) is 30.9 Å². The molecular formula is C22H22FN6O2S2-. The minimum Gasteiger partial charge on any atom is -0.754 e. The van der Waals surface area contributed by atoms with Crippen LogP contribution in [0.25, 0.3) is 16.8 Å². The molecule has 4 rings (SSSR count). The van der Waals surface area contributed by atoms with Crippen LogP contribution in [0.15, 0.2) is 64.5 Å². The number of hydrogen-bond donors (Lipinski definition) is 1. The highest BCUT2D eigenvalue weighted by atomic mass is 32.2. The van der Waals surface area contributed by atoms with Crippen LogP contribution in [0.3, 0.4) is 0 Å². The predicted molar refractivity (Wildman–Crippen MR) is 128 cm³/mol. The average Bonchev–Trinajstić information content (AvgIpc) is 3.16. The van der Waals surface area contributed by atoms with Crippen LogP contribution in [-0.4, -0.2) is 49.5 Å². The third kappa shape index (κ3) is 4.71. The van der Waals surface area contributed by atoms with E-state index < -0.39 is 11.3 Å². The van der Waals surface area contributed by atoms with Crippen molar-refractivity contribution in [3.63, 3.8) is 0 Å². The lowest BCUT2D eigenvalue weighted by molar-refractivity contribution is 0.412. The van der Waals surface area contributed by atoms with Gasteiger partial charge >= 0.3 is 0 Å². The van der Waals surface area contributed by atoms with Crippen molar-refractivity contribution in [3.05, 3.63) is 66.4 Å². The predicted octanol–water partition coefficient (Wildman–Crippen LogP) is 4.11. The summed E-state index contributed by atoms with van der Waals surface area (Å²) in [6, 6.07) is 13.6. The first kappa shape index (κ1) is 23.2. The highest BCUT2D eigenvalue weighted by molar-refractivity contribution is 7.99. The molecule has 0 fully saturated rings. The zero-order valence-corrected chi connectivity index (χ0v) is 20.1. The van der Waals surface area contributed by atoms with Gasteiger partial charge in [0.15, 0.2) is 5.65 Å². The Balaban J connectivity index is 1.91. The Labute approximate surface area is 197 Å². The van der Waals surface area contributed by atoms with Crippen molar-refractivity contribution in [2.24, 2.45) is 0 Å². The van der Waals surface area contributed by atoms with Crippen LogP contribution in [0, 0.1) is 12.7 Å². The first-order valence-corrected chi connectivity index (χ1v) is 11.8. The largest absolute Gasteiger partial charge is 0.754 e. The number of pyridine rings is 1. The van der Waals surface area contributed by atoms with E-state index in [1.165, 1.54) is 28.9 Å². The van der Waals surface area contributed by atoms with Crippen LogP contribution in [0.1, 0.15) is 5.82 Å². The molecule has 8 nitrogen and oxygen atoms in total. The second kappa shape index (κ2) is 9.48. The van der Waals surface area contributed by atoms with Gasteiger partial charge in [-0.1, -0.05) is 11.8 Å². The first-order valence-electron chi connectivity index (χ1n) is 9.96. The number of aryl methyl sites for hydroxylation is 1. The lowest BCUT2D eigenvalue weighted by Crippen LogP contribution is -2.38. The number of halogens is 1. The molecule has 2 aromatic heterocycles. The number of benzene rings is 2. The van der Waals surface area contributed by atoms with Crippen LogP contribution >= 0.6 is 11.8 Å². The Morgan fingerprint density at radius 3 is 2.48 bits per heavy atom. The quantitative estimate of drug-likeness (QED) is 0.311. The minimum absolute atomic E-state index is 0.304. The fourth-order valence-electron chi connectivity index (χ4n) is 3.47. The second-order valence-corrected chi connectivity index (χ2v) is 9.30. The van der Waals surface area contributed by atoms with Crippen molar-refractivity contribution in [1.29, 1.82) is 0 Å². The van der Waals surface area contributed by atoms with E-state index in [2.05, 4.69) is 15.5 Å². The maximum atomic E-state index is 13.4. The van der Waals surface area contributed by atoms with Gasteiger partial charge in [0.25, 0.3) is 0 Å². The molecule has 0 saturated carbocycles. The Morgan fingerprint density at radius 2 is 1.85 bits per heavy atom. The lowest BCUT2D eigenvalue weighted by Gasteiger charge is -2.32. The molecule has 4 aromatic rings. The molecule has 2 aromatic carbocycles. The number of fused-ring (bicyclic) bond motifs is 1. The van der Waals surface area contributed by atoms with E-state index >= 15 is 0 Å².